The van der Waals surface area contributed by atoms with Gasteiger partial charge in [-0.2, -0.15) is 4.31 Å². The molecule has 4 heterocycles. The number of ether oxygens (including phenoxy) is 3. The summed E-state index contributed by atoms with van der Waals surface area (Å²) in [6.45, 7) is 2.10. The number of piperidine rings is 1. The summed E-state index contributed by atoms with van der Waals surface area (Å²) in [7, 11) is 0.884. The molecular weight excluding hydrogens is 731 g/mol. The molecule has 4 aromatic rings. The summed E-state index contributed by atoms with van der Waals surface area (Å²) in [6, 6.07) is 12.8. The second-order valence-corrected chi connectivity index (χ2v) is 15.3. The van der Waals surface area contributed by atoms with Gasteiger partial charge in [-0.3, -0.25) is 14.4 Å². The molecule has 0 aliphatic carbocycles. The maximum Gasteiger partial charge on any atom is 0.290 e. The second-order valence-electron chi connectivity index (χ2n) is 13.4. The van der Waals surface area contributed by atoms with Gasteiger partial charge in [-0.1, -0.05) is 30.3 Å². The van der Waals surface area contributed by atoms with E-state index in [-0.39, 0.29) is 56.1 Å². The lowest BCUT2D eigenvalue weighted by molar-refractivity contribution is -0.132. The first-order valence-corrected chi connectivity index (χ1v) is 19.7. The quantitative estimate of drug-likeness (QED) is 0.250. The van der Waals surface area contributed by atoms with Crippen LogP contribution in [0.15, 0.2) is 61.2 Å². The van der Waals surface area contributed by atoms with E-state index in [2.05, 4.69) is 15.2 Å². The molecule has 17 heteroatoms. The van der Waals surface area contributed by atoms with Gasteiger partial charge in [0.05, 0.1) is 45.5 Å². The Bertz CT molecular complexity index is 2010. The molecule has 1 saturated heterocycles. The fourth-order valence-corrected chi connectivity index (χ4v) is 8.55. The number of anilines is 1. The number of aromatic nitrogens is 3. The highest BCUT2D eigenvalue weighted by atomic mass is 32.2. The van der Waals surface area contributed by atoms with Crippen LogP contribution >= 0.6 is 0 Å². The Balaban J connectivity index is 0.00000187. The van der Waals surface area contributed by atoms with E-state index in [4.69, 9.17) is 29.1 Å². The number of methoxy groups -OCH3 is 3. The van der Waals surface area contributed by atoms with Crippen molar-refractivity contribution in [3.05, 3.63) is 72.3 Å². The number of fused-ring (bicyclic) bond motifs is 5. The standard InChI is InChI=1S/C37H47N7O7S.CH2O2/c1-49-32-19-31-30(35(50-2)36(32)51-3)18-29-22-42(34(46)24-41-17-13-38-26-41)14-7-8-16-44(52(47,48)25-27-10-5-4-6-11-27)23-33(45)39-20-28-12-9-15-43(21-28)37(29)40-31;2-1-3/h4-6,10-11,13,17-19,26,28H,7-9,12,14-16,20-25H2,1-3H3,(H,39,45);1H,(H,2,3). The zero-order chi connectivity index (χ0) is 39.4. The average molecular weight is 780 g/mol. The maximum atomic E-state index is 14.0. The predicted octanol–water partition coefficient (Wildman–Crippen LogP) is 3.15. The molecule has 296 valence electrons. The van der Waals surface area contributed by atoms with Crippen LogP contribution in [0.5, 0.6) is 17.2 Å². The third-order valence-electron chi connectivity index (χ3n) is 9.67. The van der Waals surface area contributed by atoms with Crippen molar-refractivity contribution in [3.8, 4) is 17.2 Å². The highest BCUT2D eigenvalue weighted by Gasteiger charge is 2.29. The molecule has 1 fully saturated rings. The highest BCUT2D eigenvalue weighted by molar-refractivity contribution is 7.88. The van der Waals surface area contributed by atoms with E-state index in [0.29, 0.717) is 60.8 Å². The van der Waals surface area contributed by atoms with E-state index in [0.717, 1.165) is 36.2 Å². The van der Waals surface area contributed by atoms with Gasteiger partial charge in [-0.15, -0.1) is 0 Å². The van der Waals surface area contributed by atoms with Crippen LogP contribution in [0.4, 0.5) is 5.82 Å². The number of rotatable bonds is 8. The lowest BCUT2D eigenvalue weighted by Crippen LogP contribution is -2.46. The molecule has 0 saturated carbocycles. The minimum Gasteiger partial charge on any atom is -0.493 e. The Morgan fingerprint density at radius 2 is 1.75 bits per heavy atom. The van der Waals surface area contributed by atoms with Gasteiger partial charge in [0.1, 0.15) is 12.4 Å². The number of nitrogens with one attached hydrogen (secondary N) is 1. The molecule has 2 aromatic heterocycles. The molecule has 2 bridgehead atoms. The number of imidazole rings is 1. The van der Waals surface area contributed by atoms with Crippen molar-refractivity contribution in [2.24, 2.45) is 5.92 Å². The van der Waals surface area contributed by atoms with Gasteiger partial charge < -0.3 is 39.0 Å². The van der Waals surface area contributed by atoms with Gasteiger partial charge in [-0.25, -0.2) is 18.4 Å². The first-order chi connectivity index (χ1) is 26.6. The van der Waals surface area contributed by atoms with Crippen LogP contribution < -0.4 is 24.4 Å². The number of nitrogens with zero attached hydrogens (tertiary/aromatic N) is 6. The third kappa shape index (κ3) is 10.4. The smallest absolute Gasteiger partial charge is 0.290 e. The molecule has 0 spiro atoms. The molecule has 16 nitrogen and oxygen atoms in total. The molecule has 6 rings (SSSR count). The van der Waals surface area contributed by atoms with Crippen LogP contribution in [-0.4, -0.2) is 116 Å². The lowest BCUT2D eigenvalue weighted by Gasteiger charge is -2.36. The number of carbonyl (C=O) groups is 3. The molecule has 55 heavy (non-hydrogen) atoms. The van der Waals surface area contributed by atoms with Crippen LogP contribution in [-0.2, 0) is 43.2 Å². The Morgan fingerprint density at radius 1 is 1.00 bits per heavy atom. The topological polar surface area (TPSA) is 186 Å². The summed E-state index contributed by atoms with van der Waals surface area (Å²) in [5.41, 5.74) is 2.15. The van der Waals surface area contributed by atoms with Crippen molar-refractivity contribution in [1.82, 2.24) is 29.1 Å². The van der Waals surface area contributed by atoms with Crippen molar-refractivity contribution >= 4 is 45.0 Å². The number of hydrogen-bond donors (Lipinski definition) is 2. The number of carbonyl (C=O) groups excluding carboxylic acids is 2. The Hall–Kier alpha value is -5.42. The van der Waals surface area contributed by atoms with Crippen molar-refractivity contribution in [1.29, 1.82) is 0 Å². The van der Waals surface area contributed by atoms with Gasteiger partial charge in [0.2, 0.25) is 27.6 Å². The Labute approximate surface area is 321 Å². The summed E-state index contributed by atoms with van der Waals surface area (Å²) in [6.07, 6.45) is 7.70. The molecule has 2 aliphatic rings. The Morgan fingerprint density at radius 3 is 2.44 bits per heavy atom. The van der Waals surface area contributed by atoms with Gasteiger partial charge >= 0.3 is 0 Å². The van der Waals surface area contributed by atoms with Crippen LogP contribution in [0.3, 0.4) is 0 Å². The number of carboxylic acid groups (broad SMARTS) is 1. The van der Waals surface area contributed by atoms with Crippen molar-refractivity contribution in [2.75, 3.05) is 65.5 Å². The minimum atomic E-state index is -3.81. The van der Waals surface area contributed by atoms with E-state index in [1.54, 1.807) is 73.8 Å². The molecule has 2 amide bonds. The molecule has 2 N–H and O–H groups in total. The van der Waals surface area contributed by atoms with Gasteiger partial charge in [-0.05, 0) is 43.2 Å². The van der Waals surface area contributed by atoms with Crippen molar-refractivity contribution in [2.45, 2.75) is 44.5 Å². The number of benzene rings is 2. The SMILES string of the molecule is COc1cc2nc3c(cc2c(OC)c1OC)CN(C(=O)Cn1ccnc1)CCCCN(S(=O)(=O)Cc1ccccc1)CC(=O)NCC1CCCN3C1.O=CO. The van der Waals surface area contributed by atoms with Crippen molar-refractivity contribution < 1.29 is 42.1 Å². The second kappa shape index (κ2) is 19.3. The first-order valence-electron chi connectivity index (χ1n) is 18.1. The summed E-state index contributed by atoms with van der Waals surface area (Å²) in [5, 5.41) is 10.6. The number of hydrogen-bond acceptors (Lipinski definition) is 11. The molecule has 0 radical (unpaired) electrons. The summed E-state index contributed by atoms with van der Waals surface area (Å²) >= 11 is 0. The molecule has 2 aromatic carbocycles. The van der Waals surface area contributed by atoms with Crippen molar-refractivity contribution in [3.63, 3.8) is 0 Å². The fraction of sp³-hybridized carbons (Fsp3) is 0.447. The third-order valence-corrected chi connectivity index (χ3v) is 11.5. The van der Waals surface area contributed by atoms with E-state index >= 15 is 0 Å². The Kier molecular flexibility index (Phi) is 14.3. The lowest BCUT2D eigenvalue weighted by atomic mass is 9.97. The summed E-state index contributed by atoms with van der Waals surface area (Å²) < 4.78 is 47.5. The molecular formula is C38H49N7O9S. The van der Waals surface area contributed by atoms with E-state index in [1.807, 2.05) is 18.2 Å². The first kappa shape index (κ1) is 40.8. The zero-order valence-electron chi connectivity index (χ0n) is 31.4. The monoisotopic (exact) mass is 779 g/mol. The van der Waals surface area contributed by atoms with Gasteiger partial charge in [0.25, 0.3) is 6.47 Å². The minimum absolute atomic E-state index is 0.0915. The van der Waals surface area contributed by atoms with E-state index < -0.39 is 10.0 Å². The van der Waals surface area contributed by atoms with Crippen LogP contribution in [0.2, 0.25) is 0 Å². The molecule has 2 aliphatic heterocycles. The van der Waals surface area contributed by atoms with Gasteiger partial charge in [0, 0.05) is 68.7 Å². The normalized spacial score (nSPS) is 17.3. The number of sulfonamides is 1. The summed E-state index contributed by atoms with van der Waals surface area (Å²) in [5.74, 6) is 1.61. The maximum absolute atomic E-state index is 14.0. The number of pyridine rings is 1. The van der Waals surface area contributed by atoms with Crippen LogP contribution in [0.1, 0.15) is 36.8 Å². The fourth-order valence-electron chi connectivity index (χ4n) is 7.03. The van der Waals surface area contributed by atoms with E-state index in [9.17, 15) is 18.0 Å². The number of amides is 2. The zero-order valence-corrected chi connectivity index (χ0v) is 32.2. The largest absolute Gasteiger partial charge is 0.493 e. The van der Waals surface area contributed by atoms with Gasteiger partial charge in [0.15, 0.2) is 11.5 Å². The molecule has 1 atom stereocenters. The predicted molar refractivity (Wildman–Crippen MR) is 206 cm³/mol. The van der Waals surface area contributed by atoms with Crippen LogP contribution in [0.25, 0.3) is 10.9 Å². The average Bonchev–Trinajstić information content (AvgIpc) is 3.70. The van der Waals surface area contributed by atoms with Crippen LogP contribution in [0, 0.1) is 5.92 Å². The molecule has 1 unspecified atom stereocenters. The highest BCUT2D eigenvalue weighted by Crippen LogP contribution is 2.44. The summed E-state index contributed by atoms with van der Waals surface area (Å²) in [4.78, 5) is 49.0. The van der Waals surface area contributed by atoms with E-state index in [1.165, 1.54) is 4.31 Å².